The van der Waals surface area contributed by atoms with Crippen LogP contribution in [0, 0.1) is 0 Å². The van der Waals surface area contributed by atoms with Gasteiger partial charge in [-0.25, -0.2) is 4.68 Å². The van der Waals surface area contributed by atoms with Gasteiger partial charge in [0.05, 0.1) is 11.1 Å². The van der Waals surface area contributed by atoms with Crippen molar-refractivity contribution in [1.29, 1.82) is 0 Å². The zero-order valence-corrected chi connectivity index (χ0v) is 13.4. The molecular formula is C17H12F3N3O3. The summed E-state index contributed by atoms with van der Waals surface area (Å²) in [5.41, 5.74) is -0.656. The number of halogens is 3. The molecule has 134 valence electrons. The van der Waals surface area contributed by atoms with Crippen LogP contribution in [-0.2, 0) is 7.05 Å². The lowest BCUT2D eigenvalue weighted by molar-refractivity contribution is -0.274. The molecule has 9 heteroatoms. The van der Waals surface area contributed by atoms with Crippen LogP contribution in [0.1, 0.15) is 10.5 Å². The maximum atomic E-state index is 12.6. The van der Waals surface area contributed by atoms with E-state index in [1.807, 2.05) is 0 Å². The van der Waals surface area contributed by atoms with E-state index >= 15 is 0 Å². The molecule has 0 aliphatic heterocycles. The number of ether oxygens (including phenoxy) is 1. The second-order valence-electron chi connectivity index (χ2n) is 5.32. The van der Waals surface area contributed by atoms with Gasteiger partial charge in [0.25, 0.3) is 11.5 Å². The van der Waals surface area contributed by atoms with Crippen LogP contribution in [0.4, 0.5) is 18.9 Å². The number of para-hydroxylation sites is 2. The number of carbonyl (C=O) groups excluding carboxylic acids is 1. The first-order valence-corrected chi connectivity index (χ1v) is 7.38. The fourth-order valence-electron chi connectivity index (χ4n) is 2.43. The normalized spacial score (nSPS) is 11.4. The average molecular weight is 363 g/mol. The van der Waals surface area contributed by atoms with Crippen molar-refractivity contribution in [2.75, 3.05) is 5.32 Å². The van der Waals surface area contributed by atoms with Crippen LogP contribution in [0.15, 0.2) is 53.3 Å². The van der Waals surface area contributed by atoms with E-state index in [1.165, 1.54) is 37.4 Å². The lowest BCUT2D eigenvalue weighted by Crippen LogP contribution is -2.25. The van der Waals surface area contributed by atoms with Crippen LogP contribution in [0.25, 0.3) is 10.8 Å². The SMILES string of the molecule is Cn1nc(C(=O)Nc2ccccc2OC(F)(F)F)c2ccccc2c1=O. The van der Waals surface area contributed by atoms with E-state index < -0.39 is 23.6 Å². The number of hydrogen-bond acceptors (Lipinski definition) is 4. The van der Waals surface area contributed by atoms with Crippen molar-refractivity contribution >= 4 is 22.4 Å². The van der Waals surface area contributed by atoms with Crippen molar-refractivity contribution in [2.45, 2.75) is 6.36 Å². The summed E-state index contributed by atoms with van der Waals surface area (Å²) in [6, 6.07) is 11.5. The van der Waals surface area contributed by atoms with E-state index in [0.29, 0.717) is 5.39 Å². The lowest BCUT2D eigenvalue weighted by atomic mass is 10.1. The van der Waals surface area contributed by atoms with Crippen LogP contribution in [-0.4, -0.2) is 22.1 Å². The molecule has 1 amide bonds. The Hall–Kier alpha value is -3.36. The van der Waals surface area contributed by atoms with Crippen molar-refractivity contribution in [1.82, 2.24) is 9.78 Å². The second-order valence-corrected chi connectivity index (χ2v) is 5.32. The van der Waals surface area contributed by atoms with Gasteiger partial charge in [-0.1, -0.05) is 30.3 Å². The molecule has 1 aromatic heterocycles. The predicted octanol–water partition coefficient (Wildman–Crippen LogP) is 3.08. The largest absolute Gasteiger partial charge is 0.573 e. The van der Waals surface area contributed by atoms with Crippen molar-refractivity contribution < 1.29 is 22.7 Å². The summed E-state index contributed by atoms with van der Waals surface area (Å²) < 4.78 is 42.4. The topological polar surface area (TPSA) is 73.2 Å². The standard InChI is InChI=1S/C17H12F3N3O3/c1-23-16(25)11-7-3-2-6-10(11)14(22-23)15(24)21-12-8-4-5-9-13(12)26-17(18,19)20/h2-9H,1H3,(H,21,24). The monoisotopic (exact) mass is 363 g/mol. The third kappa shape index (κ3) is 3.51. The van der Waals surface area contributed by atoms with Crippen LogP contribution >= 0.6 is 0 Å². The number of carbonyl (C=O) groups is 1. The predicted molar refractivity (Wildman–Crippen MR) is 88.1 cm³/mol. The summed E-state index contributed by atoms with van der Waals surface area (Å²) in [6.45, 7) is 0. The first-order chi connectivity index (χ1) is 12.3. The van der Waals surface area contributed by atoms with Gasteiger partial charge in [-0.3, -0.25) is 9.59 Å². The molecule has 0 radical (unpaired) electrons. The third-order valence-electron chi connectivity index (χ3n) is 3.53. The van der Waals surface area contributed by atoms with Gasteiger partial charge in [-0.05, 0) is 18.2 Å². The number of amides is 1. The van der Waals surface area contributed by atoms with Gasteiger partial charge in [0, 0.05) is 12.4 Å². The van der Waals surface area contributed by atoms with Gasteiger partial charge in [0.15, 0.2) is 11.4 Å². The van der Waals surface area contributed by atoms with Gasteiger partial charge < -0.3 is 10.1 Å². The van der Waals surface area contributed by atoms with E-state index in [2.05, 4.69) is 15.2 Å². The Morgan fingerprint density at radius 3 is 2.38 bits per heavy atom. The number of aromatic nitrogens is 2. The molecule has 3 aromatic rings. The number of nitrogens with zero attached hydrogens (tertiary/aromatic N) is 2. The van der Waals surface area contributed by atoms with E-state index in [1.54, 1.807) is 12.1 Å². The van der Waals surface area contributed by atoms with E-state index in [0.717, 1.165) is 10.7 Å². The summed E-state index contributed by atoms with van der Waals surface area (Å²) in [7, 11) is 1.38. The van der Waals surface area contributed by atoms with Crippen molar-refractivity contribution in [3.05, 3.63) is 64.6 Å². The van der Waals surface area contributed by atoms with Crippen LogP contribution in [0.2, 0.25) is 0 Å². The Morgan fingerprint density at radius 2 is 1.69 bits per heavy atom. The fraction of sp³-hybridized carbons (Fsp3) is 0.118. The summed E-state index contributed by atoms with van der Waals surface area (Å²) in [5.74, 6) is -1.32. The Morgan fingerprint density at radius 1 is 1.08 bits per heavy atom. The molecule has 0 unspecified atom stereocenters. The zero-order valence-electron chi connectivity index (χ0n) is 13.4. The molecule has 0 bridgehead atoms. The smallest absolute Gasteiger partial charge is 0.404 e. The fourth-order valence-corrected chi connectivity index (χ4v) is 2.43. The molecule has 0 fully saturated rings. The zero-order chi connectivity index (χ0) is 18.9. The summed E-state index contributed by atoms with van der Waals surface area (Å²) in [4.78, 5) is 24.7. The number of hydrogen-bond donors (Lipinski definition) is 1. The highest BCUT2D eigenvalue weighted by Gasteiger charge is 2.32. The molecule has 0 saturated heterocycles. The number of rotatable bonds is 3. The lowest BCUT2D eigenvalue weighted by Gasteiger charge is -2.14. The quantitative estimate of drug-likeness (QED) is 0.776. The second kappa shape index (κ2) is 6.51. The van der Waals surface area contributed by atoms with Gasteiger partial charge in [0.1, 0.15) is 0 Å². The number of benzene rings is 2. The van der Waals surface area contributed by atoms with Crippen LogP contribution in [0.5, 0.6) is 5.75 Å². The molecule has 1 N–H and O–H groups in total. The Kier molecular flexibility index (Phi) is 4.37. The molecule has 0 aliphatic carbocycles. The first kappa shape index (κ1) is 17.5. The Bertz CT molecular complexity index is 1040. The van der Waals surface area contributed by atoms with E-state index in [-0.39, 0.29) is 16.8 Å². The number of alkyl halides is 3. The molecule has 1 heterocycles. The van der Waals surface area contributed by atoms with Crippen molar-refractivity contribution in [3.63, 3.8) is 0 Å². The molecule has 26 heavy (non-hydrogen) atoms. The van der Waals surface area contributed by atoms with Crippen molar-refractivity contribution in [2.24, 2.45) is 7.05 Å². The summed E-state index contributed by atoms with van der Waals surface area (Å²) in [6.07, 6.45) is -4.90. The maximum absolute atomic E-state index is 12.6. The molecule has 0 spiro atoms. The first-order valence-electron chi connectivity index (χ1n) is 7.38. The summed E-state index contributed by atoms with van der Waals surface area (Å²) in [5, 5.41) is 6.84. The number of fused-ring (bicyclic) bond motifs is 1. The molecule has 0 saturated carbocycles. The average Bonchev–Trinajstić information content (AvgIpc) is 2.58. The van der Waals surface area contributed by atoms with Gasteiger partial charge in [-0.15, -0.1) is 13.2 Å². The number of nitrogens with one attached hydrogen (secondary N) is 1. The highest BCUT2D eigenvalue weighted by Crippen LogP contribution is 2.30. The molecule has 6 nitrogen and oxygen atoms in total. The third-order valence-corrected chi connectivity index (χ3v) is 3.53. The van der Waals surface area contributed by atoms with Crippen LogP contribution < -0.4 is 15.6 Å². The van der Waals surface area contributed by atoms with Crippen LogP contribution in [0.3, 0.4) is 0 Å². The van der Waals surface area contributed by atoms with Crippen molar-refractivity contribution in [3.8, 4) is 5.75 Å². The van der Waals surface area contributed by atoms with Gasteiger partial charge >= 0.3 is 6.36 Å². The van der Waals surface area contributed by atoms with E-state index in [9.17, 15) is 22.8 Å². The maximum Gasteiger partial charge on any atom is 0.573 e. The minimum absolute atomic E-state index is 0.0930. The molecular weight excluding hydrogens is 351 g/mol. The van der Waals surface area contributed by atoms with E-state index in [4.69, 9.17) is 0 Å². The molecule has 2 aromatic carbocycles. The highest BCUT2D eigenvalue weighted by molar-refractivity contribution is 6.11. The molecule has 0 aliphatic rings. The number of aryl methyl sites for hydroxylation is 1. The minimum Gasteiger partial charge on any atom is -0.404 e. The molecule has 0 atom stereocenters. The highest BCUT2D eigenvalue weighted by atomic mass is 19.4. The van der Waals surface area contributed by atoms with Gasteiger partial charge in [-0.2, -0.15) is 5.10 Å². The minimum atomic E-state index is -4.90. The van der Waals surface area contributed by atoms with Gasteiger partial charge in [0.2, 0.25) is 0 Å². The molecule has 3 rings (SSSR count). The Balaban J connectivity index is 2.02. The summed E-state index contributed by atoms with van der Waals surface area (Å²) >= 11 is 0. The Labute approximate surface area is 144 Å². The number of anilines is 1.